The van der Waals surface area contributed by atoms with Gasteiger partial charge in [0, 0.05) is 6.61 Å². The van der Waals surface area contributed by atoms with Gasteiger partial charge in [0.2, 0.25) is 0 Å². The first-order chi connectivity index (χ1) is 11.3. The largest absolute Gasteiger partial charge is 0.396 e. The third-order valence-corrected chi connectivity index (χ3v) is 3.56. The lowest BCUT2D eigenvalue weighted by Gasteiger charge is -2.12. The van der Waals surface area contributed by atoms with Crippen molar-refractivity contribution < 1.29 is 10.2 Å². The molecule has 2 heterocycles. The number of nitrogens with one attached hydrogen (secondary N) is 1. The van der Waals surface area contributed by atoms with E-state index in [4.69, 9.17) is 5.11 Å². The molecule has 7 nitrogen and oxygen atoms in total. The molecule has 0 radical (unpaired) electrons. The number of H-pyrrole nitrogens is 1. The van der Waals surface area contributed by atoms with Crippen molar-refractivity contribution >= 4 is 11.2 Å². The Morgan fingerprint density at radius 3 is 2.83 bits per heavy atom. The molecule has 1 aromatic carbocycles. The molecule has 0 fully saturated rings. The number of aliphatic hydroxyl groups excluding tert-OH is 2. The summed E-state index contributed by atoms with van der Waals surface area (Å²) < 4.78 is 1.78. The van der Waals surface area contributed by atoms with Gasteiger partial charge >= 0.3 is 0 Å². The van der Waals surface area contributed by atoms with E-state index in [0.29, 0.717) is 30.6 Å². The van der Waals surface area contributed by atoms with Crippen molar-refractivity contribution in [3.05, 3.63) is 54.0 Å². The molecule has 7 heteroatoms. The molecule has 0 saturated heterocycles. The van der Waals surface area contributed by atoms with E-state index in [1.807, 2.05) is 30.3 Å². The summed E-state index contributed by atoms with van der Waals surface area (Å²) in [6, 6.07) is 9.94. The molecule has 0 aliphatic carbocycles. The van der Waals surface area contributed by atoms with Crippen LogP contribution in [0.25, 0.3) is 11.2 Å². The highest BCUT2D eigenvalue weighted by Gasteiger charge is 2.09. The van der Waals surface area contributed by atoms with Gasteiger partial charge in [0.1, 0.15) is 5.52 Å². The summed E-state index contributed by atoms with van der Waals surface area (Å²) >= 11 is 0. The van der Waals surface area contributed by atoms with Gasteiger partial charge in [-0.25, -0.2) is 9.97 Å². The fourth-order valence-electron chi connectivity index (χ4n) is 2.39. The summed E-state index contributed by atoms with van der Waals surface area (Å²) in [5.41, 5.74) is 3.11. The Morgan fingerprint density at radius 2 is 2.04 bits per heavy atom. The molecule has 0 aliphatic heterocycles. The number of benzene rings is 1. The fourth-order valence-corrected chi connectivity index (χ4v) is 2.39. The average molecular weight is 313 g/mol. The number of imidazole rings is 1. The molecule has 0 spiro atoms. The molecule has 0 bridgehead atoms. The van der Waals surface area contributed by atoms with E-state index >= 15 is 0 Å². The van der Waals surface area contributed by atoms with Gasteiger partial charge in [-0.2, -0.15) is 0 Å². The number of fused-ring (bicyclic) bond motifs is 1. The van der Waals surface area contributed by atoms with Gasteiger partial charge in [-0.3, -0.25) is 4.99 Å². The van der Waals surface area contributed by atoms with Gasteiger partial charge in [-0.15, -0.1) is 0 Å². The van der Waals surface area contributed by atoms with Gasteiger partial charge in [-0.05, 0) is 12.0 Å². The van der Waals surface area contributed by atoms with E-state index in [0.717, 1.165) is 11.1 Å². The minimum Gasteiger partial charge on any atom is -0.396 e. The number of hydrogen-bond donors (Lipinski definition) is 3. The molecule has 0 aliphatic rings. The topological polar surface area (TPSA) is 99.3 Å². The summed E-state index contributed by atoms with van der Waals surface area (Å²) in [7, 11) is 0. The summed E-state index contributed by atoms with van der Waals surface area (Å²) in [6.07, 6.45) is 2.85. The predicted octanol–water partition coefficient (Wildman–Crippen LogP) is 0.604. The van der Waals surface area contributed by atoms with E-state index in [1.54, 1.807) is 17.2 Å². The zero-order chi connectivity index (χ0) is 16.1. The Labute approximate surface area is 133 Å². The maximum Gasteiger partial charge on any atom is 0.182 e. The van der Waals surface area contributed by atoms with E-state index in [1.165, 1.54) is 0 Å². The third-order valence-electron chi connectivity index (χ3n) is 3.56. The van der Waals surface area contributed by atoms with Crippen LogP contribution in [-0.4, -0.2) is 42.4 Å². The van der Waals surface area contributed by atoms with Crippen molar-refractivity contribution in [3.8, 4) is 0 Å². The first-order valence-corrected chi connectivity index (χ1v) is 7.50. The maximum atomic E-state index is 9.96. The number of aliphatic hydroxyl groups is 2. The first-order valence-electron chi connectivity index (χ1n) is 7.50. The molecule has 1 atom stereocenters. The van der Waals surface area contributed by atoms with Crippen LogP contribution in [0.2, 0.25) is 0 Å². The Hall–Kier alpha value is -2.51. The Kier molecular flexibility index (Phi) is 4.80. The van der Waals surface area contributed by atoms with Crippen LogP contribution in [-0.2, 0) is 13.1 Å². The van der Waals surface area contributed by atoms with Gasteiger partial charge in [0.05, 0.1) is 31.8 Å². The fraction of sp³-hybridized carbons (Fsp3) is 0.312. The second-order valence-electron chi connectivity index (χ2n) is 5.29. The number of nitrogens with zero attached hydrogens (tertiary/aromatic N) is 4. The second kappa shape index (κ2) is 7.17. The Bertz CT molecular complexity index is 825. The van der Waals surface area contributed by atoms with Gasteiger partial charge in [0.25, 0.3) is 0 Å². The van der Waals surface area contributed by atoms with Gasteiger partial charge in [-0.1, -0.05) is 30.3 Å². The first kappa shape index (κ1) is 15.4. The van der Waals surface area contributed by atoms with Crippen molar-refractivity contribution in [2.24, 2.45) is 4.99 Å². The van der Waals surface area contributed by atoms with E-state index in [9.17, 15) is 5.11 Å². The van der Waals surface area contributed by atoms with Crippen LogP contribution < -0.4 is 5.49 Å². The number of hydrogen-bond acceptors (Lipinski definition) is 5. The Balaban J connectivity index is 1.99. The average Bonchev–Trinajstić information content (AvgIpc) is 3.03. The molecular weight excluding hydrogens is 294 g/mol. The highest BCUT2D eigenvalue weighted by atomic mass is 16.3. The van der Waals surface area contributed by atoms with Crippen LogP contribution >= 0.6 is 0 Å². The zero-order valence-electron chi connectivity index (χ0n) is 12.6. The SMILES string of the molecule is OCCC(O)Cn1cnc2nc[nH]c2c1=NCc1ccccc1. The quantitative estimate of drug-likeness (QED) is 0.620. The number of rotatable bonds is 6. The van der Waals surface area contributed by atoms with Crippen LogP contribution in [0.5, 0.6) is 0 Å². The number of aromatic amines is 1. The predicted molar refractivity (Wildman–Crippen MR) is 85.3 cm³/mol. The summed E-state index contributed by atoms with van der Waals surface area (Å²) in [5, 5.41) is 18.9. The van der Waals surface area contributed by atoms with E-state index < -0.39 is 6.10 Å². The molecular formula is C16H19N5O2. The lowest BCUT2D eigenvalue weighted by Crippen LogP contribution is -2.28. The number of aromatic nitrogens is 4. The molecule has 2 aromatic heterocycles. The standard InChI is InChI=1S/C16H19N5O2/c22-7-6-13(23)9-21-11-20-15-14(18-10-19-15)16(21)17-8-12-4-2-1-3-5-12/h1-5,10-11,13,22-23H,6-9H2,(H,18,19). The maximum absolute atomic E-state index is 9.96. The highest BCUT2D eigenvalue weighted by molar-refractivity contribution is 5.67. The normalized spacial score (nSPS) is 13.6. The molecule has 1 unspecified atom stereocenters. The molecule has 3 aromatic rings. The zero-order valence-corrected chi connectivity index (χ0v) is 12.6. The lowest BCUT2D eigenvalue weighted by molar-refractivity contribution is 0.115. The van der Waals surface area contributed by atoms with Crippen molar-refractivity contribution in [3.63, 3.8) is 0 Å². The molecule has 23 heavy (non-hydrogen) atoms. The second-order valence-corrected chi connectivity index (χ2v) is 5.29. The van der Waals surface area contributed by atoms with Gasteiger partial charge < -0.3 is 19.8 Å². The van der Waals surface area contributed by atoms with Crippen LogP contribution in [0.1, 0.15) is 12.0 Å². The van der Waals surface area contributed by atoms with Crippen molar-refractivity contribution in [2.45, 2.75) is 25.6 Å². The van der Waals surface area contributed by atoms with Crippen molar-refractivity contribution in [2.75, 3.05) is 6.61 Å². The summed E-state index contributed by atoms with van der Waals surface area (Å²) in [6.45, 7) is 0.781. The summed E-state index contributed by atoms with van der Waals surface area (Å²) in [5.74, 6) is 0. The van der Waals surface area contributed by atoms with Crippen LogP contribution in [0.3, 0.4) is 0 Å². The molecule has 3 rings (SSSR count). The highest BCUT2D eigenvalue weighted by Crippen LogP contribution is 2.03. The van der Waals surface area contributed by atoms with Crippen LogP contribution in [0, 0.1) is 0 Å². The van der Waals surface area contributed by atoms with Crippen molar-refractivity contribution in [1.29, 1.82) is 0 Å². The summed E-state index contributed by atoms with van der Waals surface area (Å²) in [4.78, 5) is 16.1. The lowest BCUT2D eigenvalue weighted by atomic mass is 10.2. The van der Waals surface area contributed by atoms with Crippen LogP contribution in [0.4, 0.5) is 0 Å². The van der Waals surface area contributed by atoms with E-state index in [2.05, 4.69) is 19.9 Å². The monoisotopic (exact) mass is 313 g/mol. The minimum atomic E-state index is -0.655. The Morgan fingerprint density at radius 1 is 1.22 bits per heavy atom. The van der Waals surface area contributed by atoms with E-state index in [-0.39, 0.29) is 6.61 Å². The van der Waals surface area contributed by atoms with Crippen molar-refractivity contribution in [1.82, 2.24) is 19.5 Å². The molecule has 0 amide bonds. The third kappa shape index (κ3) is 3.64. The molecule has 3 N–H and O–H groups in total. The molecule has 120 valence electrons. The minimum absolute atomic E-state index is 0.0576. The molecule has 0 saturated carbocycles. The van der Waals surface area contributed by atoms with Crippen LogP contribution in [0.15, 0.2) is 48.0 Å². The smallest absolute Gasteiger partial charge is 0.182 e. The van der Waals surface area contributed by atoms with Gasteiger partial charge in [0.15, 0.2) is 11.1 Å².